The van der Waals surface area contributed by atoms with Crippen LogP contribution < -0.4 is 0 Å². The van der Waals surface area contributed by atoms with Gasteiger partial charge < -0.3 is 0 Å². The van der Waals surface area contributed by atoms with E-state index in [2.05, 4.69) is 15.0 Å². The fourth-order valence-corrected chi connectivity index (χ4v) is 0.591. The Balaban J connectivity index is 3.00. The van der Waals surface area contributed by atoms with Gasteiger partial charge in [0.15, 0.2) is 0 Å². The van der Waals surface area contributed by atoms with E-state index in [1.165, 1.54) is 12.1 Å². The van der Waals surface area contributed by atoms with Crippen LogP contribution >= 0.6 is 0 Å². The summed E-state index contributed by atoms with van der Waals surface area (Å²) in [6.07, 6.45) is 1.03. The number of aromatic nitrogens is 1. The van der Waals surface area contributed by atoms with E-state index in [0.29, 0.717) is 0 Å². The monoisotopic (exact) mass is 165 g/mol. The van der Waals surface area contributed by atoms with Crippen molar-refractivity contribution in [3.05, 3.63) is 38.9 Å². The van der Waals surface area contributed by atoms with Gasteiger partial charge in [-0.25, -0.2) is 4.98 Å². The van der Waals surface area contributed by atoms with E-state index in [1.54, 1.807) is 0 Å². The lowest BCUT2D eigenvalue weighted by molar-refractivity contribution is -0.385. The topological polar surface area (TPSA) is 105 Å². The van der Waals surface area contributed by atoms with Crippen LogP contribution in [0.2, 0.25) is 0 Å². The third-order valence-corrected chi connectivity index (χ3v) is 1.09. The number of pyridine rings is 1. The second kappa shape index (κ2) is 3.31. The summed E-state index contributed by atoms with van der Waals surface area (Å²) >= 11 is 0. The zero-order valence-electron chi connectivity index (χ0n) is 5.78. The first-order valence-corrected chi connectivity index (χ1v) is 2.89. The molecule has 7 heteroatoms. The minimum atomic E-state index is -0.577. The van der Waals surface area contributed by atoms with Gasteiger partial charge in [-0.3, -0.25) is 10.1 Å². The van der Waals surface area contributed by atoms with Gasteiger partial charge in [0.25, 0.3) is 5.69 Å². The molecule has 0 spiro atoms. The zero-order chi connectivity index (χ0) is 8.97. The summed E-state index contributed by atoms with van der Waals surface area (Å²) in [4.78, 5) is 15.6. The summed E-state index contributed by atoms with van der Waals surface area (Å²) in [5.74, 6) is 0.114. The highest BCUT2D eigenvalue weighted by Crippen LogP contribution is 2.13. The maximum Gasteiger partial charge on any atom is 0.287 e. The zero-order valence-corrected chi connectivity index (χ0v) is 5.78. The molecule has 0 unspecified atom stereocenters. The molecule has 0 radical (unpaired) electrons. The van der Waals surface area contributed by atoms with Crippen LogP contribution in [-0.4, -0.2) is 9.91 Å². The Morgan fingerprint density at radius 1 is 1.67 bits per heavy atom. The molecule has 1 aromatic rings. The van der Waals surface area contributed by atoms with E-state index in [9.17, 15) is 10.1 Å². The Labute approximate surface area is 66.4 Å². The Hall–Kier alpha value is -2.14. The number of hydrogen-bond acceptors (Lipinski definition) is 4. The smallest absolute Gasteiger partial charge is 0.258 e. The molecule has 0 aliphatic carbocycles. The molecule has 0 N–H and O–H groups in total. The van der Waals surface area contributed by atoms with Crippen molar-refractivity contribution in [2.45, 2.75) is 0 Å². The summed E-state index contributed by atoms with van der Waals surface area (Å²) in [6.45, 7) is 0. The van der Waals surface area contributed by atoms with Crippen molar-refractivity contribution in [3.63, 3.8) is 0 Å². The first kappa shape index (κ1) is 7.96. The maximum absolute atomic E-state index is 10.1. The van der Waals surface area contributed by atoms with Gasteiger partial charge in [0.05, 0.1) is 4.92 Å². The lowest BCUT2D eigenvalue weighted by Gasteiger charge is -1.89. The predicted molar refractivity (Wildman–Crippen MR) is 39.7 cm³/mol. The molecule has 0 aliphatic heterocycles. The van der Waals surface area contributed by atoms with Crippen LogP contribution in [0.25, 0.3) is 10.4 Å². The van der Waals surface area contributed by atoms with Gasteiger partial charge in [-0.15, -0.1) is 0 Å². The summed E-state index contributed by atoms with van der Waals surface area (Å²) in [7, 11) is 0. The molecule has 0 fully saturated rings. The van der Waals surface area contributed by atoms with Gasteiger partial charge in [-0.2, -0.15) is 0 Å². The summed E-state index contributed by atoms with van der Waals surface area (Å²) in [6, 6.07) is 2.49. The normalized spacial score (nSPS) is 8.67. The van der Waals surface area contributed by atoms with Crippen LogP contribution in [0.1, 0.15) is 0 Å². The van der Waals surface area contributed by atoms with Gasteiger partial charge in [0.1, 0.15) is 12.0 Å². The average Bonchev–Trinajstić information content (AvgIpc) is 2.06. The molecule has 60 valence electrons. The third kappa shape index (κ3) is 1.68. The van der Waals surface area contributed by atoms with Crippen molar-refractivity contribution >= 4 is 11.5 Å². The summed E-state index contributed by atoms with van der Waals surface area (Å²) in [5.41, 5.74) is 7.85. The highest BCUT2D eigenvalue weighted by molar-refractivity contribution is 5.35. The van der Waals surface area contributed by atoms with Crippen LogP contribution in [-0.2, 0) is 0 Å². The van der Waals surface area contributed by atoms with Crippen molar-refractivity contribution in [2.75, 3.05) is 0 Å². The van der Waals surface area contributed by atoms with E-state index in [1.807, 2.05) is 0 Å². The highest BCUT2D eigenvalue weighted by atomic mass is 16.6. The van der Waals surface area contributed by atoms with Crippen LogP contribution in [0, 0.1) is 10.1 Å². The number of nitrogens with zero attached hydrogens (tertiary/aromatic N) is 5. The quantitative estimate of drug-likeness (QED) is 0.219. The van der Waals surface area contributed by atoms with Gasteiger partial charge in [0.2, 0.25) is 0 Å². The van der Waals surface area contributed by atoms with E-state index in [4.69, 9.17) is 5.53 Å². The molecular weight excluding hydrogens is 162 g/mol. The molecule has 0 saturated heterocycles. The Morgan fingerprint density at radius 2 is 2.42 bits per heavy atom. The van der Waals surface area contributed by atoms with E-state index >= 15 is 0 Å². The summed E-state index contributed by atoms with van der Waals surface area (Å²) in [5, 5.41) is 13.3. The molecular formula is C5H3N5O2. The van der Waals surface area contributed by atoms with Crippen LogP contribution in [0.5, 0.6) is 0 Å². The molecule has 0 bridgehead atoms. The molecule has 0 saturated carbocycles. The van der Waals surface area contributed by atoms with Gasteiger partial charge in [-0.05, 0) is 16.7 Å². The van der Waals surface area contributed by atoms with E-state index in [0.717, 1.165) is 6.20 Å². The van der Waals surface area contributed by atoms with E-state index in [-0.39, 0.29) is 11.5 Å². The Bertz CT molecular complexity index is 318. The van der Waals surface area contributed by atoms with Gasteiger partial charge >= 0.3 is 0 Å². The minimum absolute atomic E-state index is 0.114. The number of rotatable bonds is 2. The predicted octanol–water partition coefficient (Wildman–Crippen LogP) is 1.93. The van der Waals surface area contributed by atoms with Gasteiger partial charge in [-0.1, -0.05) is 0 Å². The Kier molecular flexibility index (Phi) is 2.20. The molecule has 1 rings (SSSR count). The molecule has 1 aromatic heterocycles. The SMILES string of the molecule is [N-]=[N+]=Nc1ccc([N+](=O)[O-])cn1. The first-order valence-electron chi connectivity index (χ1n) is 2.89. The fraction of sp³-hybridized carbons (Fsp3) is 0. The molecule has 7 nitrogen and oxygen atoms in total. The molecule has 0 atom stereocenters. The van der Waals surface area contributed by atoms with Crippen molar-refractivity contribution in [2.24, 2.45) is 5.11 Å². The number of hydrogen-bond donors (Lipinski definition) is 0. The number of nitro groups is 1. The molecule has 1 heterocycles. The van der Waals surface area contributed by atoms with Crippen molar-refractivity contribution in [1.29, 1.82) is 0 Å². The standard InChI is InChI=1S/C5H3N5O2/c6-9-8-5-2-1-4(3-7-5)10(11)12/h1-3H. The lowest BCUT2D eigenvalue weighted by Crippen LogP contribution is -1.87. The molecule has 0 amide bonds. The minimum Gasteiger partial charge on any atom is -0.258 e. The largest absolute Gasteiger partial charge is 0.287 e. The van der Waals surface area contributed by atoms with Crippen LogP contribution in [0.15, 0.2) is 23.4 Å². The average molecular weight is 165 g/mol. The van der Waals surface area contributed by atoms with Crippen molar-refractivity contribution in [1.82, 2.24) is 4.98 Å². The first-order chi connectivity index (χ1) is 5.74. The third-order valence-electron chi connectivity index (χ3n) is 1.09. The second-order valence-electron chi connectivity index (χ2n) is 1.82. The summed E-state index contributed by atoms with van der Waals surface area (Å²) < 4.78 is 0. The van der Waals surface area contributed by atoms with Crippen molar-refractivity contribution < 1.29 is 4.92 Å². The van der Waals surface area contributed by atoms with E-state index < -0.39 is 4.92 Å². The van der Waals surface area contributed by atoms with Crippen LogP contribution in [0.3, 0.4) is 0 Å². The fourth-order valence-electron chi connectivity index (χ4n) is 0.591. The maximum atomic E-state index is 10.1. The van der Waals surface area contributed by atoms with Gasteiger partial charge in [0, 0.05) is 11.0 Å². The highest BCUT2D eigenvalue weighted by Gasteiger charge is 2.03. The second-order valence-corrected chi connectivity index (χ2v) is 1.82. The Morgan fingerprint density at radius 3 is 2.83 bits per heavy atom. The van der Waals surface area contributed by atoms with Crippen molar-refractivity contribution in [3.8, 4) is 0 Å². The lowest BCUT2D eigenvalue weighted by atomic mass is 10.4. The number of azide groups is 1. The molecule has 12 heavy (non-hydrogen) atoms. The molecule has 0 aliphatic rings. The molecule has 0 aromatic carbocycles. The van der Waals surface area contributed by atoms with Crippen LogP contribution in [0.4, 0.5) is 11.5 Å².